The third kappa shape index (κ3) is 5.38. The van der Waals surface area contributed by atoms with Gasteiger partial charge in [-0.15, -0.1) is 0 Å². The van der Waals surface area contributed by atoms with Crippen LogP contribution in [0, 0.1) is 10.1 Å². The minimum absolute atomic E-state index is 0.133. The molecule has 0 radical (unpaired) electrons. The van der Waals surface area contributed by atoms with Gasteiger partial charge in [-0.1, -0.05) is 19.3 Å². The van der Waals surface area contributed by atoms with Crippen LogP contribution in [0.2, 0.25) is 0 Å². The van der Waals surface area contributed by atoms with E-state index in [0.29, 0.717) is 19.4 Å². The molecule has 1 fully saturated rings. The summed E-state index contributed by atoms with van der Waals surface area (Å²) in [5, 5.41) is 17.2. The van der Waals surface area contributed by atoms with Crippen molar-refractivity contribution < 1.29 is 28.7 Å². The largest absolute Gasteiger partial charge is 0.493 e. The number of nitrogens with one attached hydrogen (secondary N) is 2. The summed E-state index contributed by atoms with van der Waals surface area (Å²) in [4.78, 5) is 36.8. The Morgan fingerprint density at radius 2 is 1.83 bits per heavy atom. The first kappa shape index (κ1) is 23.4. The number of likely N-dealkylation sites (N-methyl/N-ethyl adjacent to an activating group) is 1. The second kappa shape index (κ2) is 10.8. The normalized spacial score (nSPS) is 15.2. The Morgan fingerprint density at radius 1 is 1.13 bits per heavy atom. The molecule has 0 unspecified atom stereocenters. The zero-order valence-electron chi connectivity index (χ0n) is 17.6. The molecule has 0 aliphatic heterocycles. The Kier molecular flexibility index (Phi) is 8.40. The van der Waals surface area contributed by atoms with Crippen molar-refractivity contribution in [3.05, 3.63) is 27.8 Å². The maximum absolute atomic E-state index is 13.1. The van der Waals surface area contributed by atoms with Crippen LogP contribution in [-0.4, -0.2) is 56.3 Å². The lowest BCUT2D eigenvalue weighted by Crippen LogP contribution is -2.59. The van der Waals surface area contributed by atoms with E-state index in [4.69, 9.17) is 14.2 Å². The van der Waals surface area contributed by atoms with Crippen LogP contribution in [0.15, 0.2) is 12.1 Å². The second-order valence-corrected chi connectivity index (χ2v) is 7.07. The summed E-state index contributed by atoms with van der Waals surface area (Å²) in [6.45, 7) is 2.68. The molecule has 1 aliphatic rings. The van der Waals surface area contributed by atoms with Gasteiger partial charge in [0.1, 0.15) is 17.7 Å². The van der Waals surface area contributed by atoms with Gasteiger partial charge >= 0.3 is 0 Å². The topological polar surface area (TPSA) is 129 Å². The van der Waals surface area contributed by atoms with Gasteiger partial charge in [-0.3, -0.25) is 19.7 Å². The highest BCUT2D eigenvalue weighted by Gasteiger charge is 2.41. The number of nitro groups is 1. The molecule has 166 valence electrons. The molecule has 0 spiro atoms. The Balaban J connectivity index is 2.38. The van der Waals surface area contributed by atoms with Crippen molar-refractivity contribution in [2.45, 2.75) is 44.6 Å². The van der Waals surface area contributed by atoms with Crippen LogP contribution >= 0.6 is 0 Å². The van der Waals surface area contributed by atoms with Crippen LogP contribution in [0.1, 0.15) is 49.4 Å². The molecular formula is C20H29N3O7. The van der Waals surface area contributed by atoms with Crippen LogP contribution in [-0.2, 0) is 9.53 Å². The van der Waals surface area contributed by atoms with E-state index in [1.807, 2.05) is 0 Å². The summed E-state index contributed by atoms with van der Waals surface area (Å²) < 4.78 is 15.7. The van der Waals surface area contributed by atoms with Gasteiger partial charge in [0, 0.05) is 19.7 Å². The Labute approximate surface area is 175 Å². The lowest BCUT2D eigenvalue weighted by molar-refractivity contribution is -0.385. The number of rotatable bonds is 10. The summed E-state index contributed by atoms with van der Waals surface area (Å²) >= 11 is 0. The van der Waals surface area contributed by atoms with Crippen LogP contribution in [0.5, 0.6) is 11.5 Å². The number of carbonyl (C=O) groups is 2. The number of hydrogen-bond acceptors (Lipinski definition) is 7. The monoisotopic (exact) mass is 423 g/mol. The molecule has 0 aromatic heterocycles. The van der Waals surface area contributed by atoms with Crippen LogP contribution < -0.4 is 20.1 Å². The number of nitro benzene ring substituents is 1. The molecule has 0 atom stereocenters. The fourth-order valence-corrected chi connectivity index (χ4v) is 3.57. The first-order valence-corrected chi connectivity index (χ1v) is 9.97. The molecule has 0 saturated heterocycles. The van der Waals surface area contributed by atoms with E-state index in [-0.39, 0.29) is 36.2 Å². The molecule has 2 N–H and O–H groups in total. The zero-order chi connectivity index (χ0) is 22.1. The minimum Gasteiger partial charge on any atom is -0.493 e. The SMILES string of the molecule is CCNC(=O)C1(NC(=O)c2cc(OC)c(OCCOC)cc2[N+](=O)[O-])CCCCC1. The van der Waals surface area contributed by atoms with E-state index in [9.17, 15) is 19.7 Å². The predicted molar refractivity (Wildman–Crippen MR) is 109 cm³/mol. The zero-order valence-corrected chi connectivity index (χ0v) is 17.6. The molecule has 2 amide bonds. The maximum Gasteiger partial charge on any atom is 0.286 e. The number of carbonyl (C=O) groups excluding carboxylic acids is 2. The lowest BCUT2D eigenvalue weighted by Gasteiger charge is -2.36. The highest BCUT2D eigenvalue weighted by molar-refractivity contribution is 6.02. The van der Waals surface area contributed by atoms with E-state index in [1.54, 1.807) is 6.92 Å². The van der Waals surface area contributed by atoms with Gasteiger partial charge in [0.2, 0.25) is 5.91 Å². The minimum atomic E-state index is -1.08. The number of ether oxygens (including phenoxy) is 3. The first-order valence-electron chi connectivity index (χ1n) is 9.97. The van der Waals surface area contributed by atoms with Crippen molar-refractivity contribution in [1.82, 2.24) is 10.6 Å². The van der Waals surface area contributed by atoms with E-state index >= 15 is 0 Å². The second-order valence-electron chi connectivity index (χ2n) is 7.07. The number of benzene rings is 1. The number of nitrogens with zero attached hydrogens (tertiary/aromatic N) is 1. The molecule has 2 rings (SSSR count). The van der Waals surface area contributed by atoms with Crippen molar-refractivity contribution in [1.29, 1.82) is 0 Å². The van der Waals surface area contributed by atoms with Gasteiger partial charge in [0.05, 0.1) is 24.7 Å². The predicted octanol–water partition coefficient (Wildman–Crippen LogP) is 2.20. The molecule has 1 saturated carbocycles. The number of hydrogen-bond donors (Lipinski definition) is 2. The molecule has 0 heterocycles. The average molecular weight is 423 g/mol. The molecule has 1 aliphatic carbocycles. The van der Waals surface area contributed by atoms with Gasteiger partial charge in [-0.25, -0.2) is 0 Å². The van der Waals surface area contributed by atoms with Crippen LogP contribution in [0.25, 0.3) is 0 Å². The van der Waals surface area contributed by atoms with Gasteiger partial charge in [0.15, 0.2) is 11.5 Å². The van der Waals surface area contributed by atoms with Crippen LogP contribution in [0.4, 0.5) is 5.69 Å². The molecule has 0 bridgehead atoms. The fourth-order valence-electron chi connectivity index (χ4n) is 3.57. The molecule has 10 nitrogen and oxygen atoms in total. The number of amides is 2. The van der Waals surface area contributed by atoms with Gasteiger partial charge in [-0.2, -0.15) is 0 Å². The standard InChI is InChI=1S/C20H29N3O7/c1-4-21-19(25)20(8-6-5-7-9-20)22-18(24)14-12-16(29-3)17(30-11-10-28-2)13-15(14)23(26)27/h12-13H,4-11H2,1-3H3,(H,21,25)(H,22,24). The summed E-state index contributed by atoms with van der Waals surface area (Å²) in [5.41, 5.74) is -1.70. The van der Waals surface area contributed by atoms with E-state index in [1.165, 1.54) is 20.3 Å². The third-order valence-electron chi connectivity index (χ3n) is 5.10. The van der Waals surface area contributed by atoms with Crippen molar-refractivity contribution in [3.8, 4) is 11.5 Å². The highest BCUT2D eigenvalue weighted by Crippen LogP contribution is 2.36. The summed E-state index contributed by atoms with van der Waals surface area (Å²) in [5.74, 6) is -0.657. The summed E-state index contributed by atoms with van der Waals surface area (Å²) in [6, 6.07) is 2.42. The van der Waals surface area contributed by atoms with Crippen molar-refractivity contribution in [2.75, 3.05) is 34.0 Å². The Hall–Kier alpha value is -2.88. The fraction of sp³-hybridized carbons (Fsp3) is 0.600. The summed E-state index contributed by atoms with van der Waals surface area (Å²) in [7, 11) is 2.88. The molecule has 1 aromatic carbocycles. The summed E-state index contributed by atoms with van der Waals surface area (Å²) in [6.07, 6.45) is 3.50. The van der Waals surface area contributed by atoms with E-state index < -0.39 is 22.1 Å². The van der Waals surface area contributed by atoms with Crippen molar-refractivity contribution in [3.63, 3.8) is 0 Å². The molecule has 1 aromatic rings. The molecular weight excluding hydrogens is 394 g/mol. The van der Waals surface area contributed by atoms with Gasteiger partial charge in [0.25, 0.3) is 11.6 Å². The Morgan fingerprint density at radius 3 is 2.40 bits per heavy atom. The third-order valence-corrected chi connectivity index (χ3v) is 5.10. The maximum atomic E-state index is 13.1. The van der Waals surface area contributed by atoms with Crippen molar-refractivity contribution >= 4 is 17.5 Å². The Bertz CT molecular complexity index is 776. The van der Waals surface area contributed by atoms with Gasteiger partial charge in [-0.05, 0) is 19.8 Å². The highest BCUT2D eigenvalue weighted by atomic mass is 16.6. The van der Waals surface area contributed by atoms with Crippen LogP contribution in [0.3, 0.4) is 0 Å². The quantitative estimate of drug-likeness (QED) is 0.335. The lowest BCUT2D eigenvalue weighted by atomic mass is 9.80. The van der Waals surface area contributed by atoms with Crippen molar-refractivity contribution in [2.24, 2.45) is 0 Å². The van der Waals surface area contributed by atoms with E-state index in [0.717, 1.165) is 25.3 Å². The molecule has 10 heteroatoms. The molecule has 30 heavy (non-hydrogen) atoms. The number of methoxy groups -OCH3 is 2. The van der Waals surface area contributed by atoms with Gasteiger partial charge < -0.3 is 24.8 Å². The average Bonchev–Trinajstić information content (AvgIpc) is 2.74. The first-order chi connectivity index (χ1) is 14.4. The van der Waals surface area contributed by atoms with E-state index in [2.05, 4.69) is 10.6 Å². The smallest absolute Gasteiger partial charge is 0.286 e.